The van der Waals surface area contributed by atoms with E-state index >= 15 is 0 Å². The summed E-state index contributed by atoms with van der Waals surface area (Å²) in [5.74, 6) is 0.736. The highest BCUT2D eigenvalue weighted by Gasteiger charge is 2.35. The highest BCUT2D eigenvalue weighted by Crippen LogP contribution is 2.28. The van der Waals surface area contributed by atoms with Crippen LogP contribution in [-0.4, -0.2) is 49.8 Å². The Morgan fingerprint density at radius 3 is 2.39 bits per heavy atom. The summed E-state index contributed by atoms with van der Waals surface area (Å²) in [5.41, 5.74) is 0.353. The van der Waals surface area contributed by atoms with E-state index in [0.29, 0.717) is 17.6 Å². The van der Waals surface area contributed by atoms with Crippen molar-refractivity contribution in [3.8, 4) is 0 Å². The Morgan fingerprint density at radius 1 is 1.22 bits per heavy atom. The van der Waals surface area contributed by atoms with Gasteiger partial charge >= 0.3 is 0 Å². The lowest BCUT2D eigenvalue weighted by Gasteiger charge is -2.38. The molecule has 3 nitrogen and oxygen atoms in total. The Labute approximate surface area is 112 Å². The van der Waals surface area contributed by atoms with E-state index in [1.54, 1.807) is 0 Å². The fraction of sp³-hybridized carbons (Fsp3) is 1.00. The van der Waals surface area contributed by atoms with Crippen LogP contribution in [-0.2, 0) is 4.74 Å². The fourth-order valence-corrected chi connectivity index (χ4v) is 3.19. The molecule has 0 radical (unpaired) electrons. The van der Waals surface area contributed by atoms with Crippen molar-refractivity contribution in [2.24, 2.45) is 11.3 Å². The molecule has 106 valence electrons. The van der Waals surface area contributed by atoms with Crippen LogP contribution in [0.2, 0.25) is 0 Å². The van der Waals surface area contributed by atoms with Crippen LogP contribution >= 0.6 is 0 Å². The summed E-state index contributed by atoms with van der Waals surface area (Å²) in [7, 11) is 0. The number of hydrogen-bond donors (Lipinski definition) is 1. The van der Waals surface area contributed by atoms with Gasteiger partial charge in [-0.3, -0.25) is 4.90 Å². The van der Waals surface area contributed by atoms with Crippen LogP contribution in [0, 0.1) is 11.3 Å². The van der Waals surface area contributed by atoms with E-state index in [4.69, 9.17) is 4.74 Å². The molecule has 0 saturated carbocycles. The maximum Gasteiger partial charge on any atom is 0.0707 e. The lowest BCUT2D eigenvalue weighted by molar-refractivity contribution is -0.0477. The monoisotopic (exact) mass is 254 g/mol. The van der Waals surface area contributed by atoms with Crippen molar-refractivity contribution in [2.45, 2.75) is 52.7 Å². The van der Waals surface area contributed by atoms with Crippen molar-refractivity contribution in [3.63, 3.8) is 0 Å². The lowest BCUT2D eigenvalue weighted by atomic mass is 9.92. The second-order valence-electron chi connectivity index (χ2n) is 7.34. The SMILES string of the molecule is CC(C)CNCC(C)(C)CN1CC2CCC(C1)O2. The summed E-state index contributed by atoms with van der Waals surface area (Å²) in [6.45, 7) is 15.0. The molecule has 0 aliphatic carbocycles. The maximum absolute atomic E-state index is 5.90. The minimum absolute atomic E-state index is 0.353. The first-order valence-corrected chi connectivity index (χ1v) is 7.53. The zero-order valence-corrected chi connectivity index (χ0v) is 12.5. The molecule has 0 amide bonds. The normalized spacial score (nSPS) is 29.2. The molecule has 0 aromatic heterocycles. The van der Waals surface area contributed by atoms with E-state index in [1.807, 2.05) is 0 Å². The zero-order valence-electron chi connectivity index (χ0n) is 12.5. The highest BCUT2D eigenvalue weighted by atomic mass is 16.5. The van der Waals surface area contributed by atoms with Gasteiger partial charge in [0, 0.05) is 26.2 Å². The maximum atomic E-state index is 5.90. The van der Waals surface area contributed by atoms with E-state index in [0.717, 1.165) is 32.1 Å². The van der Waals surface area contributed by atoms with Crippen molar-refractivity contribution in [3.05, 3.63) is 0 Å². The van der Waals surface area contributed by atoms with Crippen LogP contribution in [0.4, 0.5) is 0 Å². The molecule has 0 spiro atoms. The minimum Gasteiger partial charge on any atom is -0.372 e. The smallest absolute Gasteiger partial charge is 0.0707 e. The number of ether oxygens (including phenoxy) is 1. The van der Waals surface area contributed by atoms with E-state index in [1.165, 1.54) is 19.4 Å². The number of nitrogens with zero attached hydrogens (tertiary/aromatic N) is 1. The number of hydrogen-bond acceptors (Lipinski definition) is 3. The molecule has 0 aromatic rings. The highest BCUT2D eigenvalue weighted by molar-refractivity contribution is 4.87. The van der Waals surface area contributed by atoms with Crippen LogP contribution in [0.25, 0.3) is 0 Å². The zero-order chi connectivity index (χ0) is 13.2. The van der Waals surface area contributed by atoms with Crippen LogP contribution in [0.3, 0.4) is 0 Å². The Balaban J connectivity index is 1.73. The topological polar surface area (TPSA) is 24.5 Å². The second-order valence-corrected chi connectivity index (χ2v) is 7.34. The summed E-state index contributed by atoms with van der Waals surface area (Å²) in [6, 6.07) is 0. The molecule has 2 fully saturated rings. The quantitative estimate of drug-likeness (QED) is 0.786. The molecule has 3 heteroatoms. The van der Waals surface area contributed by atoms with Gasteiger partial charge in [0.2, 0.25) is 0 Å². The van der Waals surface area contributed by atoms with Crippen molar-refractivity contribution >= 4 is 0 Å². The van der Waals surface area contributed by atoms with Gasteiger partial charge in [0.05, 0.1) is 12.2 Å². The van der Waals surface area contributed by atoms with Crippen LogP contribution < -0.4 is 5.32 Å². The first kappa shape index (κ1) is 14.3. The molecular formula is C15H30N2O. The number of morpholine rings is 1. The molecule has 2 rings (SSSR count). The summed E-state index contributed by atoms with van der Waals surface area (Å²) in [6.07, 6.45) is 3.58. The van der Waals surface area contributed by atoms with Crippen LogP contribution in [0.1, 0.15) is 40.5 Å². The first-order chi connectivity index (χ1) is 8.44. The summed E-state index contributed by atoms with van der Waals surface area (Å²) in [5, 5.41) is 3.59. The van der Waals surface area contributed by atoms with Crippen molar-refractivity contribution < 1.29 is 4.74 Å². The molecule has 2 saturated heterocycles. The van der Waals surface area contributed by atoms with Crippen molar-refractivity contribution in [1.29, 1.82) is 0 Å². The second kappa shape index (κ2) is 5.89. The number of nitrogens with one attached hydrogen (secondary N) is 1. The third-order valence-electron chi connectivity index (χ3n) is 3.93. The van der Waals surface area contributed by atoms with Crippen LogP contribution in [0.15, 0.2) is 0 Å². The predicted octanol–water partition coefficient (Wildman–Crippen LogP) is 2.12. The van der Waals surface area contributed by atoms with Gasteiger partial charge in [0.25, 0.3) is 0 Å². The molecule has 2 unspecified atom stereocenters. The van der Waals surface area contributed by atoms with Gasteiger partial charge in [-0.05, 0) is 30.7 Å². The molecule has 18 heavy (non-hydrogen) atoms. The molecule has 2 aliphatic heterocycles. The Morgan fingerprint density at radius 2 is 1.83 bits per heavy atom. The number of fused-ring (bicyclic) bond motifs is 2. The number of likely N-dealkylation sites (tertiary alicyclic amines) is 1. The fourth-order valence-electron chi connectivity index (χ4n) is 3.19. The Kier molecular flexibility index (Phi) is 4.68. The van der Waals surface area contributed by atoms with Gasteiger partial charge in [-0.25, -0.2) is 0 Å². The van der Waals surface area contributed by atoms with E-state index in [9.17, 15) is 0 Å². The summed E-state index contributed by atoms with van der Waals surface area (Å²) in [4.78, 5) is 2.61. The van der Waals surface area contributed by atoms with Gasteiger partial charge < -0.3 is 10.1 Å². The van der Waals surface area contributed by atoms with E-state index in [2.05, 4.69) is 37.9 Å². The average Bonchev–Trinajstić information content (AvgIpc) is 2.56. The van der Waals surface area contributed by atoms with E-state index < -0.39 is 0 Å². The minimum atomic E-state index is 0.353. The average molecular weight is 254 g/mol. The Bertz CT molecular complexity index is 253. The summed E-state index contributed by atoms with van der Waals surface area (Å²) < 4.78 is 5.90. The van der Waals surface area contributed by atoms with Crippen molar-refractivity contribution in [1.82, 2.24) is 10.2 Å². The molecule has 1 N–H and O–H groups in total. The molecule has 0 aromatic carbocycles. The molecule has 2 aliphatic rings. The van der Waals surface area contributed by atoms with Gasteiger partial charge in [-0.1, -0.05) is 27.7 Å². The molecule has 2 heterocycles. The van der Waals surface area contributed by atoms with Crippen molar-refractivity contribution in [2.75, 3.05) is 32.7 Å². The molecule has 2 bridgehead atoms. The van der Waals surface area contributed by atoms with E-state index in [-0.39, 0.29) is 0 Å². The summed E-state index contributed by atoms with van der Waals surface area (Å²) >= 11 is 0. The molecular weight excluding hydrogens is 224 g/mol. The third-order valence-corrected chi connectivity index (χ3v) is 3.93. The standard InChI is InChI=1S/C15H30N2O/c1-12(2)7-16-10-15(3,4)11-17-8-13-5-6-14(9-17)18-13/h12-14,16H,5-11H2,1-4H3. The van der Waals surface area contributed by atoms with Gasteiger partial charge in [0.1, 0.15) is 0 Å². The number of rotatable bonds is 6. The van der Waals surface area contributed by atoms with Gasteiger partial charge in [-0.15, -0.1) is 0 Å². The third kappa shape index (κ3) is 4.22. The first-order valence-electron chi connectivity index (χ1n) is 7.53. The van der Waals surface area contributed by atoms with Gasteiger partial charge in [-0.2, -0.15) is 0 Å². The largest absolute Gasteiger partial charge is 0.372 e. The van der Waals surface area contributed by atoms with Gasteiger partial charge in [0.15, 0.2) is 0 Å². The Hall–Kier alpha value is -0.120. The molecule has 2 atom stereocenters. The predicted molar refractivity (Wildman–Crippen MR) is 75.8 cm³/mol. The lowest BCUT2D eigenvalue weighted by Crippen LogP contribution is -2.48. The van der Waals surface area contributed by atoms with Crippen LogP contribution in [0.5, 0.6) is 0 Å².